The van der Waals surface area contributed by atoms with Crippen molar-refractivity contribution in [1.29, 1.82) is 0 Å². The molecule has 1 atom stereocenters. The number of aryl methyl sites for hydroxylation is 1. The van der Waals surface area contributed by atoms with Gasteiger partial charge >= 0.3 is 0 Å². The third kappa shape index (κ3) is 5.32. The molecule has 4 aromatic rings. The van der Waals surface area contributed by atoms with Crippen LogP contribution in [0.1, 0.15) is 57.5 Å². The van der Waals surface area contributed by atoms with Crippen molar-refractivity contribution in [2.75, 3.05) is 13.1 Å². The molecular formula is C29H29FN4O. The number of benzene rings is 2. The molecule has 0 spiro atoms. The predicted octanol–water partition coefficient (Wildman–Crippen LogP) is 5.38. The number of likely N-dealkylation sites (tertiary alicyclic amines) is 1. The number of hydrogen-bond acceptors (Lipinski definition) is 3. The van der Waals surface area contributed by atoms with Crippen molar-refractivity contribution < 1.29 is 9.18 Å². The second-order valence-electron chi connectivity index (χ2n) is 9.21. The smallest absolute Gasteiger partial charge is 0.254 e. The van der Waals surface area contributed by atoms with Crippen molar-refractivity contribution in [3.8, 4) is 0 Å². The largest absolute Gasteiger partial charge is 0.338 e. The average Bonchev–Trinajstić information content (AvgIpc) is 3.30. The van der Waals surface area contributed by atoms with Gasteiger partial charge in [-0.05, 0) is 61.2 Å². The number of piperidine rings is 1. The third-order valence-corrected chi connectivity index (χ3v) is 6.77. The van der Waals surface area contributed by atoms with Crippen LogP contribution in [0.25, 0.3) is 0 Å². The van der Waals surface area contributed by atoms with Crippen LogP contribution in [-0.2, 0) is 13.0 Å². The first kappa shape index (κ1) is 23.0. The molecule has 5 nitrogen and oxygen atoms in total. The molecule has 178 valence electrons. The molecule has 1 fully saturated rings. The summed E-state index contributed by atoms with van der Waals surface area (Å²) in [5.74, 6) is 0.968. The summed E-state index contributed by atoms with van der Waals surface area (Å²) < 4.78 is 15.3. The topological polar surface area (TPSA) is 51.0 Å². The van der Waals surface area contributed by atoms with E-state index in [9.17, 15) is 9.18 Å². The summed E-state index contributed by atoms with van der Waals surface area (Å²) >= 11 is 0. The standard InChI is InChI=1S/C29H29FN4O/c1-21-31-15-17-33(21)19-23-6-2-3-9-27(23)29(35)34-16-5-7-24(20-34)28-10-4-8-26(32-28)18-22-11-13-25(30)14-12-22/h2-4,6,8-15,17,24H,5,7,16,18-20H2,1H3/t24-/m1/s1. The monoisotopic (exact) mass is 468 g/mol. The summed E-state index contributed by atoms with van der Waals surface area (Å²) in [6.45, 7) is 4.00. The molecule has 2 aromatic heterocycles. The van der Waals surface area contributed by atoms with Gasteiger partial charge < -0.3 is 9.47 Å². The Labute approximate surface area is 205 Å². The second-order valence-corrected chi connectivity index (χ2v) is 9.21. The maximum absolute atomic E-state index is 13.6. The highest BCUT2D eigenvalue weighted by molar-refractivity contribution is 5.95. The normalized spacial score (nSPS) is 15.8. The van der Waals surface area contributed by atoms with E-state index >= 15 is 0 Å². The summed E-state index contributed by atoms with van der Waals surface area (Å²) in [5, 5.41) is 0. The molecule has 1 saturated heterocycles. The lowest BCUT2D eigenvalue weighted by Gasteiger charge is -2.33. The summed E-state index contributed by atoms with van der Waals surface area (Å²) in [7, 11) is 0. The number of aromatic nitrogens is 3. The lowest BCUT2D eigenvalue weighted by molar-refractivity contribution is 0.0704. The minimum Gasteiger partial charge on any atom is -0.338 e. The molecule has 1 aliphatic rings. The van der Waals surface area contributed by atoms with E-state index in [4.69, 9.17) is 4.98 Å². The van der Waals surface area contributed by atoms with Gasteiger partial charge in [0, 0.05) is 61.3 Å². The fourth-order valence-corrected chi connectivity index (χ4v) is 4.83. The zero-order chi connectivity index (χ0) is 24.2. The maximum atomic E-state index is 13.6. The second kappa shape index (κ2) is 10.2. The number of carbonyl (C=O) groups is 1. The summed E-state index contributed by atoms with van der Waals surface area (Å²) in [6.07, 6.45) is 6.34. The zero-order valence-electron chi connectivity index (χ0n) is 19.9. The molecule has 0 unspecified atom stereocenters. The molecule has 35 heavy (non-hydrogen) atoms. The molecule has 0 N–H and O–H groups in total. The Morgan fingerprint density at radius 2 is 1.89 bits per heavy atom. The summed E-state index contributed by atoms with van der Waals surface area (Å²) in [6, 6.07) is 20.5. The van der Waals surface area contributed by atoms with E-state index in [-0.39, 0.29) is 17.6 Å². The molecule has 1 amide bonds. The highest BCUT2D eigenvalue weighted by atomic mass is 19.1. The molecule has 5 rings (SSSR count). The number of carbonyl (C=O) groups excluding carboxylic acids is 1. The molecule has 0 aliphatic carbocycles. The number of halogens is 1. The van der Waals surface area contributed by atoms with Crippen molar-refractivity contribution in [2.24, 2.45) is 0 Å². The van der Waals surface area contributed by atoms with Crippen LogP contribution in [-0.4, -0.2) is 38.4 Å². The van der Waals surface area contributed by atoms with E-state index in [1.54, 1.807) is 18.3 Å². The summed E-state index contributed by atoms with van der Waals surface area (Å²) in [4.78, 5) is 24.8. The van der Waals surface area contributed by atoms with Gasteiger partial charge in [-0.25, -0.2) is 9.37 Å². The molecular weight excluding hydrogens is 439 g/mol. The van der Waals surface area contributed by atoms with Gasteiger partial charge in [-0.15, -0.1) is 0 Å². The fraction of sp³-hybridized carbons (Fsp3) is 0.276. The number of rotatable bonds is 6. The molecule has 6 heteroatoms. The van der Waals surface area contributed by atoms with Gasteiger partial charge in [-0.2, -0.15) is 0 Å². The van der Waals surface area contributed by atoms with E-state index in [2.05, 4.69) is 15.6 Å². The minimum absolute atomic E-state index is 0.0746. The first-order valence-corrected chi connectivity index (χ1v) is 12.1. The Morgan fingerprint density at radius 3 is 2.69 bits per heavy atom. The first-order chi connectivity index (χ1) is 17.1. The Morgan fingerprint density at radius 1 is 1.06 bits per heavy atom. The first-order valence-electron chi connectivity index (χ1n) is 12.1. The van der Waals surface area contributed by atoms with Crippen LogP contribution in [0.4, 0.5) is 4.39 Å². The van der Waals surface area contributed by atoms with E-state index in [1.807, 2.05) is 54.4 Å². The predicted molar refractivity (Wildman–Crippen MR) is 134 cm³/mol. The molecule has 1 aliphatic heterocycles. The van der Waals surface area contributed by atoms with E-state index in [0.29, 0.717) is 19.5 Å². The molecule has 0 bridgehead atoms. The van der Waals surface area contributed by atoms with Crippen molar-refractivity contribution in [1.82, 2.24) is 19.4 Å². The van der Waals surface area contributed by atoms with Gasteiger partial charge in [-0.3, -0.25) is 9.78 Å². The van der Waals surface area contributed by atoms with Crippen LogP contribution in [0.5, 0.6) is 0 Å². The van der Waals surface area contributed by atoms with E-state index in [1.165, 1.54) is 12.1 Å². The number of imidazole rings is 1. The van der Waals surface area contributed by atoms with Gasteiger partial charge in [0.2, 0.25) is 0 Å². The fourth-order valence-electron chi connectivity index (χ4n) is 4.83. The average molecular weight is 469 g/mol. The van der Waals surface area contributed by atoms with Gasteiger partial charge in [0.25, 0.3) is 5.91 Å². The quantitative estimate of drug-likeness (QED) is 0.382. The Balaban J connectivity index is 1.31. The summed E-state index contributed by atoms with van der Waals surface area (Å²) in [5.41, 5.74) is 4.75. The van der Waals surface area contributed by atoms with Crippen molar-refractivity contribution in [2.45, 2.75) is 38.6 Å². The third-order valence-electron chi connectivity index (χ3n) is 6.77. The van der Waals surface area contributed by atoms with Crippen LogP contribution < -0.4 is 0 Å². The van der Waals surface area contributed by atoms with Gasteiger partial charge in [0.05, 0.1) is 0 Å². The Kier molecular flexibility index (Phi) is 6.70. The van der Waals surface area contributed by atoms with Crippen LogP contribution in [0.3, 0.4) is 0 Å². The molecule has 0 radical (unpaired) electrons. The van der Waals surface area contributed by atoms with Crippen molar-refractivity contribution >= 4 is 5.91 Å². The van der Waals surface area contributed by atoms with Crippen molar-refractivity contribution in [3.63, 3.8) is 0 Å². The van der Waals surface area contributed by atoms with Gasteiger partial charge in [0.1, 0.15) is 11.6 Å². The lowest BCUT2D eigenvalue weighted by atomic mass is 9.93. The number of hydrogen-bond donors (Lipinski definition) is 0. The van der Waals surface area contributed by atoms with Gasteiger partial charge in [0.15, 0.2) is 0 Å². The molecule has 2 aromatic carbocycles. The minimum atomic E-state index is -0.232. The van der Waals surface area contributed by atoms with Crippen LogP contribution in [0.2, 0.25) is 0 Å². The highest BCUT2D eigenvalue weighted by Crippen LogP contribution is 2.28. The van der Waals surface area contributed by atoms with Crippen LogP contribution in [0, 0.1) is 12.7 Å². The highest BCUT2D eigenvalue weighted by Gasteiger charge is 2.27. The maximum Gasteiger partial charge on any atom is 0.254 e. The van der Waals surface area contributed by atoms with Crippen molar-refractivity contribution in [3.05, 3.63) is 119 Å². The molecule has 0 saturated carbocycles. The number of nitrogens with zero attached hydrogens (tertiary/aromatic N) is 4. The Hall–Kier alpha value is -3.80. The van der Waals surface area contributed by atoms with E-state index in [0.717, 1.165) is 53.3 Å². The number of pyridine rings is 1. The zero-order valence-corrected chi connectivity index (χ0v) is 19.9. The van der Waals surface area contributed by atoms with Crippen LogP contribution in [0.15, 0.2) is 79.1 Å². The lowest BCUT2D eigenvalue weighted by Crippen LogP contribution is -2.39. The van der Waals surface area contributed by atoms with Gasteiger partial charge in [-0.1, -0.05) is 36.4 Å². The molecule has 3 heterocycles. The van der Waals surface area contributed by atoms with Crippen LogP contribution >= 0.6 is 0 Å². The Bertz CT molecular complexity index is 1310. The number of amides is 1. The van der Waals surface area contributed by atoms with E-state index < -0.39 is 0 Å². The SMILES string of the molecule is Cc1nccn1Cc1ccccc1C(=O)N1CCC[C@@H](c2cccc(Cc3ccc(F)cc3)n2)C1.